The number of amides is 2. The first kappa shape index (κ1) is 11.5. The average molecular weight is 142 g/mol. The number of carbonyl (C=O) groups excluding carboxylic acids is 1. The fourth-order valence-corrected chi connectivity index (χ4v) is 0.232. The molecule has 0 aliphatic rings. The molecule has 0 saturated heterocycles. The van der Waals surface area contributed by atoms with E-state index in [-0.39, 0.29) is 0 Å². The Bertz CT molecular complexity index is 115. The number of hydrogen-bond donors (Lipinski definition) is 2. The Hall–Kier alpha value is -1.25. The number of primary amides is 2. The molecule has 0 aliphatic carbocycles. The highest BCUT2D eigenvalue weighted by atomic mass is 16.2. The van der Waals surface area contributed by atoms with Crippen molar-refractivity contribution in [2.24, 2.45) is 11.5 Å². The van der Waals surface area contributed by atoms with Gasteiger partial charge in [0.15, 0.2) is 0 Å². The molecule has 0 aromatic carbocycles. The van der Waals surface area contributed by atoms with Crippen molar-refractivity contribution in [3.8, 4) is 0 Å². The van der Waals surface area contributed by atoms with Gasteiger partial charge in [-0.25, -0.2) is 4.79 Å². The third kappa shape index (κ3) is 72.9. The van der Waals surface area contributed by atoms with Crippen LogP contribution in [-0.2, 0) is 0 Å². The minimum atomic E-state index is -0.833. The van der Waals surface area contributed by atoms with E-state index in [0.717, 1.165) is 6.42 Å². The van der Waals surface area contributed by atoms with E-state index in [1.807, 2.05) is 6.08 Å². The van der Waals surface area contributed by atoms with Crippen molar-refractivity contribution in [1.29, 1.82) is 0 Å². The summed E-state index contributed by atoms with van der Waals surface area (Å²) in [4.78, 5) is 9.00. The Balaban J connectivity index is 0. The molecule has 0 atom stereocenters. The molecule has 0 heterocycles. The first-order valence-corrected chi connectivity index (χ1v) is 2.97. The Morgan fingerprint density at radius 1 is 1.60 bits per heavy atom. The third-order valence-corrected chi connectivity index (χ3v) is 0.508. The van der Waals surface area contributed by atoms with Crippen molar-refractivity contribution >= 4 is 6.03 Å². The fraction of sp³-hybridized carbons (Fsp3) is 0.286. The van der Waals surface area contributed by atoms with Gasteiger partial charge in [-0.2, -0.15) is 0 Å². The molecule has 58 valence electrons. The molecule has 4 N–H and O–H groups in total. The van der Waals surface area contributed by atoms with Gasteiger partial charge < -0.3 is 11.5 Å². The minimum Gasteiger partial charge on any atom is -0.352 e. The molecule has 0 bridgehead atoms. The van der Waals surface area contributed by atoms with Gasteiger partial charge >= 0.3 is 6.03 Å². The summed E-state index contributed by atoms with van der Waals surface area (Å²) >= 11 is 0. The van der Waals surface area contributed by atoms with Gasteiger partial charge in [0.2, 0.25) is 0 Å². The van der Waals surface area contributed by atoms with E-state index in [2.05, 4.69) is 31.0 Å². The number of allylic oxidation sites excluding steroid dienone is 3. The summed E-state index contributed by atoms with van der Waals surface area (Å²) in [5.41, 5.74) is 8.50. The van der Waals surface area contributed by atoms with Gasteiger partial charge in [0.05, 0.1) is 0 Å². The molecule has 0 aromatic rings. The topological polar surface area (TPSA) is 69.1 Å². The van der Waals surface area contributed by atoms with E-state index < -0.39 is 6.03 Å². The van der Waals surface area contributed by atoms with Crippen LogP contribution in [0, 0.1) is 0 Å². The van der Waals surface area contributed by atoms with Gasteiger partial charge in [-0.3, -0.25) is 0 Å². The first-order valence-electron chi connectivity index (χ1n) is 2.97. The van der Waals surface area contributed by atoms with E-state index in [0.29, 0.717) is 0 Å². The van der Waals surface area contributed by atoms with Crippen LogP contribution in [0.4, 0.5) is 4.79 Å². The summed E-state index contributed by atoms with van der Waals surface area (Å²) in [6, 6.07) is -0.833. The SMILES string of the molecule is C=CC=CCC.NC(N)=O. The highest BCUT2D eigenvalue weighted by Gasteiger charge is 1.60. The molecule has 10 heavy (non-hydrogen) atoms. The molecule has 3 heteroatoms. The van der Waals surface area contributed by atoms with Gasteiger partial charge in [0.1, 0.15) is 0 Å². The lowest BCUT2D eigenvalue weighted by atomic mass is 10.4. The second-order valence-electron chi connectivity index (χ2n) is 1.47. The maximum Gasteiger partial charge on any atom is 0.309 e. The number of urea groups is 1. The Kier molecular flexibility index (Phi) is 12.3. The molecular weight excluding hydrogens is 128 g/mol. The maximum absolute atomic E-state index is 9.00. The van der Waals surface area contributed by atoms with Gasteiger partial charge in [-0.1, -0.05) is 31.7 Å². The molecule has 0 rings (SSSR count). The zero-order valence-electron chi connectivity index (χ0n) is 6.21. The summed E-state index contributed by atoms with van der Waals surface area (Å²) in [5, 5.41) is 0. The molecule has 0 saturated carbocycles. The van der Waals surface area contributed by atoms with E-state index in [9.17, 15) is 0 Å². The molecule has 2 amide bonds. The Labute approximate surface area is 61.4 Å². The lowest BCUT2D eigenvalue weighted by Gasteiger charge is -1.67. The fourth-order valence-electron chi connectivity index (χ4n) is 0.232. The van der Waals surface area contributed by atoms with E-state index in [4.69, 9.17) is 4.79 Å². The second-order valence-corrected chi connectivity index (χ2v) is 1.47. The average Bonchev–Trinajstić information content (AvgIpc) is 1.82. The normalized spacial score (nSPS) is 8.10. The zero-order valence-corrected chi connectivity index (χ0v) is 6.21. The summed E-state index contributed by atoms with van der Waals surface area (Å²) in [6.45, 7) is 5.61. The van der Waals surface area contributed by atoms with Crippen molar-refractivity contribution < 1.29 is 4.79 Å². The summed E-state index contributed by atoms with van der Waals surface area (Å²) in [6.07, 6.45) is 6.89. The quantitative estimate of drug-likeness (QED) is 0.558. The lowest BCUT2D eigenvalue weighted by molar-refractivity contribution is 0.256. The third-order valence-electron chi connectivity index (χ3n) is 0.508. The molecule has 3 nitrogen and oxygen atoms in total. The molecule has 0 fully saturated rings. The van der Waals surface area contributed by atoms with Crippen LogP contribution < -0.4 is 11.5 Å². The van der Waals surface area contributed by atoms with Crippen LogP contribution >= 0.6 is 0 Å². The largest absolute Gasteiger partial charge is 0.352 e. The van der Waals surface area contributed by atoms with Gasteiger partial charge in [-0.15, -0.1) is 0 Å². The van der Waals surface area contributed by atoms with Crippen molar-refractivity contribution in [3.63, 3.8) is 0 Å². The van der Waals surface area contributed by atoms with Crippen LogP contribution in [0.2, 0.25) is 0 Å². The molecular formula is C7H14N2O. The highest BCUT2D eigenvalue weighted by molar-refractivity contribution is 5.69. The monoisotopic (exact) mass is 142 g/mol. The highest BCUT2D eigenvalue weighted by Crippen LogP contribution is 1.76. The molecule has 0 aromatic heterocycles. The molecule has 0 unspecified atom stereocenters. The van der Waals surface area contributed by atoms with Crippen LogP contribution in [0.25, 0.3) is 0 Å². The first-order chi connectivity index (χ1) is 4.65. The van der Waals surface area contributed by atoms with Crippen LogP contribution in [0.3, 0.4) is 0 Å². The van der Waals surface area contributed by atoms with Gasteiger partial charge in [0.25, 0.3) is 0 Å². The van der Waals surface area contributed by atoms with Crippen LogP contribution in [-0.4, -0.2) is 6.03 Å². The Morgan fingerprint density at radius 3 is 2.10 bits per heavy atom. The number of rotatable bonds is 2. The number of carbonyl (C=O) groups is 1. The predicted molar refractivity (Wildman–Crippen MR) is 43.4 cm³/mol. The van der Waals surface area contributed by atoms with Crippen molar-refractivity contribution in [1.82, 2.24) is 0 Å². The number of hydrogen-bond acceptors (Lipinski definition) is 1. The van der Waals surface area contributed by atoms with Crippen molar-refractivity contribution in [3.05, 3.63) is 24.8 Å². The summed E-state index contributed by atoms with van der Waals surface area (Å²) in [7, 11) is 0. The van der Waals surface area contributed by atoms with Crippen LogP contribution in [0.15, 0.2) is 24.8 Å². The molecule has 0 radical (unpaired) electrons. The predicted octanol–water partition coefficient (Wildman–Crippen LogP) is 1.16. The summed E-state index contributed by atoms with van der Waals surface area (Å²) in [5.74, 6) is 0. The van der Waals surface area contributed by atoms with Crippen molar-refractivity contribution in [2.75, 3.05) is 0 Å². The van der Waals surface area contributed by atoms with E-state index in [1.165, 1.54) is 0 Å². The van der Waals surface area contributed by atoms with Crippen LogP contribution in [0.5, 0.6) is 0 Å². The lowest BCUT2D eigenvalue weighted by Crippen LogP contribution is -2.18. The Morgan fingerprint density at radius 2 is 2.00 bits per heavy atom. The number of nitrogens with two attached hydrogens (primary N) is 2. The van der Waals surface area contributed by atoms with E-state index in [1.54, 1.807) is 6.08 Å². The smallest absolute Gasteiger partial charge is 0.309 e. The molecule has 0 aliphatic heterocycles. The van der Waals surface area contributed by atoms with E-state index >= 15 is 0 Å². The zero-order chi connectivity index (χ0) is 8.41. The standard InChI is InChI=1S/C6H10.CH4N2O/c1-3-5-6-4-2;2-1(3)4/h3,5-6H,1,4H2,2H3;(H4,2,3,4). The maximum atomic E-state index is 9.00. The van der Waals surface area contributed by atoms with Gasteiger partial charge in [-0.05, 0) is 6.42 Å². The second kappa shape index (κ2) is 10.7. The minimum absolute atomic E-state index is 0.833. The van der Waals surface area contributed by atoms with Gasteiger partial charge in [0, 0.05) is 0 Å². The summed E-state index contributed by atoms with van der Waals surface area (Å²) < 4.78 is 0. The molecule has 0 spiro atoms. The van der Waals surface area contributed by atoms with Crippen LogP contribution in [0.1, 0.15) is 13.3 Å². The van der Waals surface area contributed by atoms with Crippen molar-refractivity contribution in [2.45, 2.75) is 13.3 Å².